The van der Waals surface area contributed by atoms with Crippen LogP contribution in [0.2, 0.25) is 0 Å². The van der Waals surface area contributed by atoms with E-state index in [0.717, 1.165) is 5.56 Å². The van der Waals surface area contributed by atoms with Gasteiger partial charge in [0.2, 0.25) is 11.1 Å². The number of hydrogen-bond acceptors (Lipinski definition) is 9. The van der Waals surface area contributed by atoms with Gasteiger partial charge in [0.1, 0.15) is 5.75 Å². The van der Waals surface area contributed by atoms with Crippen molar-refractivity contribution in [2.75, 3.05) is 19.5 Å². The first-order chi connectivity index (χ1) is 15.1. The van der Waals surface area contributed by atoms with Gasteiger partial charge in [-0.1, -0.05) is 23.9 Å². The van der Waals surface area contributed by atoms with Gasteiger partial charge >= 0.3 is 5.97 Å². The predicted molar refractivity (Wildman–Crippen MR) is 113 cm³/mol. The number of nitrogens with zero attached hydrogens (tertiary/aromatic N) is 5. The van der Waals surface area contributed by atoms with E-state index in [4.69, 9.17) is 9.47 Å². The summed E-state index contributed by atoms with van der Waals surface area (Å²) in [6.07, 6.45) is 3.29. The van der Waals surface area contributed by atoms with Crippen LogP contribution < -0.4 is 10.1 Å². The van der Waals surface area contributed by atoms with Crippen LogP contribution in [-0.2, 0) is 14.3 Å². The van der Waals surface area contributed by atoms with E-state index in [1.807, 2.05) is 6.07 Å². The van der Waals surface area contributed by atoms with Crippen molar-refractivity contribution in [1.29, 1.82) is 0 Å². The van der Waals surface area contributed by atoms with E-state index in [9.17, 15) is 9.59 Å². The van der Waals surface area contributed by atoms with Gasteiger partial charge in [-0.15, -0.1) is 5.10 Å². The van der Waals surface area contributed by atoms with Crippen LogP contribution >= 0.6 is 11.8 Å². The number of hydrogen-bond donors (Lipinski definition) is 1. The fourth-order valence-electron chi connectivity index (χ4n) is 2.75. The number of carbonyl (C=O) groups is 2. The Morgan fingerprint density at radius 3 is 2.71 bits per heavy atom. The lowest BCUT2D eigenvalue weighted by Gasteiger charge is -2.19. The molecule has 10 nitrogen and oxygen atoms in total. The molecule has 2 aromatic heterocycles. The van der Waals surface area contributed by atoms with Gasteiger partial charge in [0.25, 0.3) is 0 Å². The average molecular weight is 443 g/mol. The molecule has 0 fully saturated rings. The monoisotopic (exact) mass is 442 g/mol. The zero-order valence-electron chi connectivity index (χ0n) is 17.1. The van der Waals surface area contributed by atoms with Crippen molar-refractivity contribution in [2.45, 2.75) is 24.5 Å². The summed E-state index contributed by atoms with van der Waals surface area (Å²) in [5, 5.41) is 14.9. The van der Waals surface area contributed by atoms with Crippen LogP contribution in [0.3, 0.4) is 0 Å². The summed E-state index contributed by atoms with van der Waals surface area (Å²) in [7, 11) is 1.57. The third-order valence-corrected chi connectivity index (χ3v) is 5.11. The molecule has 31 heavy (non-hydrogen) atoms. The molecule has 0 radical (unpaired) electrons. The lowest BCUT2D eigenvalue weighted by atomic mass is 10.0. The SMILES string of the molecule is CCOC(=O)C[C@@H](NC(=O)CSc1nnnn1-c1cccnc1)c1ccc(OC)cc1. The second kappa shape index (κ2) is 11.1. The van der Waals surface area contributed by atoms with E-state index >= 15 is 0 Å². The van der Waals surface area contributed by atoms with E-state index in [2.05, 4.69) is 25.8 Å². The molecular weight excluding hydrogens is 420 g/mol. The van der Waals surface area contributed by atoms with Gasteiger partial charge in [-0.2, -0.15) is 4.68 Å². The Labute approximate surface area is 183 Å². The quantitative estimate of drug-likeness (QED) is 0.371. The highest BCUT2D eigenvalue weighted by Crippen LogP contribution is 2.22. The van der Waals surface area contributed by atoms with Crippen LogP contribution in [0, 0.1) is 0 Å². The molecule has 0 unspecified atom stereocenters. The fourth-order valence-corrected chi connectivity index (χ4v) is 3.45. The van der Waals surface area contributed by atoms with Crippen LogP contribution in [0.25, 0.3) is 5.69 Å². The number of rotatable bonds is 10. The maximum absolute atomic E-state index is 12.6. The van der Waals surface area contributed by atoms with Crippen molar-refractivity contribution in [3.63, 3.8) is 0 Å². The van der Waals surface area contributed by atoms with Gasteiger partial charge in [0.05, 0.1) is 43.8 Å². The van der Waals surface area contributed by atoms with Crippen molar-refractivity contribution in [3.05, 3.63) is 54.4 Å². The maximum Gasteiger partial charge on any atom is 0.308 e. The van der Waals surface area contributed by atoms with E-state index in [1.54, 1.807) is 56.8 Å². The summed E-state index contributed by atoms with van der Waals surface area (Å²) in [6.45, 7) is 2.01. The second-order valence-electron chi connectivity index (χ2n) is 6.28. The minimum Gasteiger partial charge on any atom is -0.497 e. The summed E-state index contributed by atoms with van der Waals surface area (Å²) >= 11 is 1.18. The van der Waals surface area contributed by atoms with Gasteiger partial charge < -0.3 is 14.8 Å². The number of aromatic nitrogens is 5. The smallest absolute Gasteiger partial charge is 0.308 e. The Morgan fingerprint density at radius 2 is 2.03 bits per heavy atom. The summed E-state index contributed by atoms with van der Waals surface area (Å²) in [5.74, 6) is 0.0891. The van der Waals surface area contributed by atoms with E-state index in [0.29, 0.717) is 16.6 Å². The van der Waals surface area contributed by atoms with Crippen LogP contribution in [-0.4, -0.2) is 56.5 Å². The normalized spacial score (nSPS) is 11.5. The molecule has 0 aliphatic carbocycles. The molecular formula is C20H22N6O4S. The fraction of sp³-hybridized carbons (Fsp3) is 0.300. The van der Waals surface area contributed by atoms with Gasteiger partial charge in [-0.25, -0.2) is 0 Å². The number of nitrogens with one attached hydrogen (secondary N) is 1. The van der Waals surface area contributed by atoms with Crippen LogP contribution in [0.4, 0.5) is 0 Å². The Kier molecular flexibility index (Phi) is 7.93. The maximum atomic E-state index is 12.6. The number of tetrazole rings is 1. The molecule has 11 heteroatoms. The molecule has 1 N–H and O–H groups in total. The van der Waals surface area contributed by atoms with Gasteiger partial charge in [-0.05, 0) is 47.2 Å². The summed E-state index contributed by atoms with van der Waals surface area (Å²) in [5.41, 5.74) is 1.46. The average Bonchev–Trinajstić information content (AvgIpc) is 3.27. The zero-order chi connectivity index (χ0) is 22.1. The minimum atomic E-state index is -0.535. The number of carbonyl (C=O) groups excluding carboxylic acids is 2. The van der Waals surface area contributed by atoms with Gasteiger partial charge in [0, 0.05) is 6.20 Å². The molecule has 0 bridgehead atoms. The minimum absolute atomic E-state index is 0.0179. The lowest BCUT2D eigenvalue weighted by molar-refractivity contribution is -0.143. The molecule has 0 aliphatic heterocycles. The Bertz CT molecular complexity index is 996. The highest BCUT2D eigenvalue weighted by Gasteiger charge is 2.20. The first-order valence-corrected chi connectivity index (χ1v) is 10.5. The van der Waals surface area contributed by atoms with Crippen molar-refractivity contribution >= 4 is 23.6 Å². The van der Waals surface area contributed by atoms with Crippen LogP contribution in [0.5, 0.6) is 5.75 Å². The number of pyridine rings is 1. The molecule has 2 heterocycles. The van der Waals surface area contributed by atoms with E-state index in [-0.39, 0.29) is 24.7 Å². The molecule has 1 amide bonds. The Hall–Kier alpha value is -3.47. The van der Waals surface area contributed by atoms with Crippen LogP contribution in [0.1, 0.15) is 24.9 Å². The Balaban J connectivity index is 1.66. The van der Waals surface area contributed by atoms with Crippen LogP contribution in [0.15, 0.2) is 53.9 Å². The zero-order valence-corrected chi connectivity index (χ0v) is 17.9. The molecule has 3 aromatic rings. The summed E-state index contributed by atoms with van der Waals surface area (Å²) in [4.78, 5) is 28.7. The lowest BCUT2D eigenvalue weighted by Crippen LogP contribution is -2.32. The molecule has 0 spiro atoms. The molecule has 1 aromatic carbocycles. The van der Waals surface area contributed by atoms with Crippen molar-refractivity contribution < 1.29 is 19.1 Å². The molecule has 162 valence electrons. The first-order valence-electron chi connectivity index (χ1n) is 9.51. The Morgan fingerprint density at radius 1 is 1.23 bits per heavy atom. The van der Waals surface area contributed by atoms with E-state index < -0.39 is 12.0 Å². The molecule has 1 atom stereocenters. The third kappa shape index (κ3) is 6.25. The highest BCUT2D eigenvalue weighted by molar-refractivity contribution is 7.99. The number of methoxy groups -OCH3 is 1. The van der Waals surface area contributed by atoms with Crippen molar-refractivity contribution in [1.82, 2.24) is 30.5 Å². The number of esters is 1. The second-order valence-corrected chi connectivity index (χ2v) is 7.22. The molecule has 0 saturated carbocycles. The number of benzene rings is 1. The van der Waals surface area contributed by atoms with Crippen molar-refractivity contribution in [3.8, 4) is 11.4 Å². The standard InChI is InChI=1S/C20H22N6O4S/c1-3-30-19(28)11-17(14-6-8-16(29-2)9-7-14)22-18(27)13-31-20-23-24-25-26(20)15-5-4-10-21-12-15/h4-10,12,17H,3,11,13H2,1-2H3,(H,22,27)/t17-/m1/s1. The van der Waals surface area contributed by atoms with Gasteiger partial charge in [0.15, 0.2) is 0 Å². The highest BCUT2D eigenvalue weighted by atomic mass is 32.2. The summed E-state index contributed by atoms with van der Waals surface area (Å²) in [6, 6.07) is 10.2. The summed E-state index contributed by atoms with van der Waals surface area (Å²) < 4.78 is 11.7. The molecule has 0 aliphatic rings. The molecule has 0 saturated heterocycles. The molecule has 3 rings (SSSR count). The number of amides is 1. The number of thioether (sulfide) groups is 1. The first kappa shape index (κ1) is 22.2. The topological polar surface area (TPSA) is 121 Å². The third-order valence-electron chi connectivity index (χ3n) is 4.19. The number of ether oxygens (including phenoxy) is 2. The predicted octanol–water partition coefficient (Wildman–Crippen LogP) is 1.97. The van der Waals surface area contributed by atoms with Gasteiger partial charge in [-0.3, -0.25) is 14.6 Å². The van der Waals surface area contributed by atoms with Crippen molar-refractivity contribution in [2.24, 2.45) is 0 Å². The largest absolute Gasteiger partial charge is 0.497 e. The van der Waals surface area contributed by atoms with E-state index in [1.165, 1.54) is 16.4 Å².